The lowest BCUT2D eigenvalue weighted by Crippen LogP contribution is -2.30. The molecule has 1 aromatic rings. The molecule has 0 spiro atoms. The van der Waals surface area contributed by atoms with E-state index in [0.29, 0.717) is 23.6 Å². The van der Waals surface area contributed by atoms with Gasteiger partial charge in [0.1, 0.15) is 0 Å². The smallest absolute Gasteiger partial charge is 0.211 e. The van der Waals surface area contributed by atoms with Crippen LogP contribution >= 0.6 is 11.8 Å². The predicted molar refractivity (Wildman–Crippen MR) is 76.5 cm³/mol. The van der Waals surface area contributed by atoms with Crippen molar-refractivity contribution in [2.24, 2.45) is 5.92 Å². The molecule has 1 aliphatic heterocycles. The number of thioether (sulfide) groups is 1. The molecule has 0 aromatic heterocycles. The fraction of sp³-hybridized carbons (Fsp3) is 0.462. The van der Waals surface area contributed by atoms with E-state index in [2.05, 4.69) is 4.72 Å². The van der Waals surface area contributed by atoms with Crippen LogP contribution < -0.4 is 4.72 Å². The van der Waals surface area contributed by atoms with Crippen LogP contribution in [0.1, 0.15) is 17.5 Å². The Labute approximate surface area is 118 Å². The van der Waals surface area contributed by atoms with Gasteiger partial charge in [-0.1, -0.05) is 6.07 Å². The third-order valence-corrected chi connectivity index (χ3v) is 5.99. The first-order valence-corrected chi connectivity index (χ1v) is 8.75. The summed E-state index contributed by atoms with van der Waals surface area (Å²) in [7, 11) is -3.52. The molecule has 0 amide bonds. The maximum Gasteiger partial charge on any atom is 0.240 e. The number of rotatable bonds is 4. The maximum atomic E-state index is 12.3. The van der Waals surface area contributed by atoms with Crippen molar-refractivity contribution in [2.45, 2.75) is 18.2 Å². The summed E-state index contributed by atoms with van der Waals surface area (Å²) in [6.07, 6.45) is 1.06. The quantitative estimate of drug-likeness (QED) is 0.921. The van der Waals surface area contributed by atoms with E-state index < -0.39 is 10.0 Å². The fourth-order valence-electron chi connectivity index (χ4n) is 2.01. The van der Waals surface area contributed by atoms with Crippen LogP contribution in [0.4, 0.5) is 0 Å². The Bertz CT molecular complexity index is 600. The van der Waals surface area contributed by atoms with Crippen molar-refractivity contribution < 1.29 is 8.42 Å². The average molecular weight is 296 g/mol. The SMILES string of the molecule is Cc1ccc(C#N)cc1S(=O)(=O)NCC1CCSC1. The molecule has 1 aromatic carbocycles. The van der Waals surface area contributed by atoms with Crippen molar-refractivity contribution in [3.05, 3.63) is 29.3 Å². The molecular weight excluding hydrogens is 280 g/mol. The molecule has 0 aliphatic carbocycles. The Morgan fingerprint density at radius 3 is 2.95 bits per heavy atom. The topological polar surface area (TPSA) is 70.0 Å². The first-order chi connectivity index (χ1) is 9.03. The van der Waals surface area contributed by atoms with E-state index >= 15 is 0 Å². The first-order valence-electron chi connectivity index (χ1n) is 6.11. The van der Waals surface area contributed by atoms with E-state index in [1.54, 1.807) is 19.1 Å². The molecule has 19 heavy (non-hydrogen) atoms. The molecule has 6 heteroatoms. The van der Waals surface area contributed by atoms with Gasteiger partial charge in [-0.3, -0.25) is 0 Å². The second kappa shape index (κ2) is 5.95. The van der Waals surface area contributed by atoms with Crippen LogP contribution in [0.2, 0.25) is 0 Å². The normalized spacial score (nSPS) is 19.3. The molecule has 1 unspecified atom stereocenters. The van der Waals surface area contributed by atoms with Crippen molar-refractivity contribution >= 4 is 21.8 Å². The zero-order valence-electron chi connectivity index (χ0n) is 10.7. The summed E-state index contributed by atoms with van der Waals surface area (Å²) in [6.45, 7) is 2.21. The number of aryl methyl sites for hydroxylation is 1. The summed E-state index contributed by atoms with van der Waals surface area (Å²) < 4.78 is 27.2. The Hall–Kier alpha value is -1.03. The van der Waals surface area contributed by atoms with Gasteiger partial charge in [0.05, 0.1) is 16.5 Å². The molecule has 0 saturated carbocycles. The fourth-order valence-corrected chi connectivity index (χ4v) is 4.68. The Kier molecular flexibility index (Phi) is 4.50. The third-order valence-electron chi connectivity index (χ3n) is 3.19. The van der Waals surface area contributed by atoms with Gasteiger partial charge in [-0.15, -0.1) is 0 Å². The van der Waals surface area contributed by atoms with Crippen LogP contribution in [-0.2, 0) is 10.0 Å². The van der Waals surface area contributed by atoms with Crippen molar-refractivity contribution in [1.29, 1.82) is 5.26 Å². The van der Waals surface area contributed by atoms with Gasteiger partial charge >= 0.3 is 0 Å². The summed E-state index contributed by atoms with van der Waals surface area (Å²) in [4.78, 5) is 0.206. The van der Waals surface area contributed by atoms with E-state index in [1.165, 1.54) is 6.07 Å². The Balaban J connectivity index is 2.16. The molecular formula is C13H16N2O2S2. The average Bonchev–Trinajstić information content (AvgIpc) is 2.90. The molecule has 1 N–H and O–H groups in total. The van der Waals surface area contributed by atoms with Gasteiger partial charge in [-0.2, -0.15) is 17.0 Å². The second-order valence-electron chi connectivity index (χ2n) is 4.67. The molecule has 1 fully saturated rings. The summed E-state index contributed by atoms with van der Waals surface area (Å²) in [5, 5.41) is 8.85. The standard InChI is InChI=1S/C13H16N2O2S2/c1-10-2-3-11(7-14)6-13(10)19(16,17)15-8-12-4-5-18-9-12/h2-3,6,12,15H,4-5,8-9H2,1H3. The van der Waals surface area contributed by atoms with Gasteiger partial charge < -0.3 is 0 Å². The predicted octanol–water partition coefficient (Wildman–Crippen LogP) is 1.90. The number of nitrogens with one attached hydrogen (secondary N) is 1. The number of benzene rings is 1. The Morgan fingerprint density at radius 2 is 2.32 bits per heavy atom. The highest BCUT2D eigenvalue weighted by Gasteiger charge is 2.21. The lowest BCUT2D eigenvalue weighted by atomic mass is 10.1. The van der Waals surface area contributed by atoms with Crippen LogP contribution in [0.15, 0.2) is 23.1 Å². The monoisotopic (exact) mass is 296 g/mol. The Morgan fingerprint density at radius 1 is 1.53 bits per heavy atom. The molecule has 0 bridgehead atoms. The molecule has 1 atom stereocenters. The van der Waals surface area contributed by atoms with E-state index in [9.17, 15) is 8.42 Å². The van der Waals surface area contributed by atoms with Crippen molar-refractivity contribution in [2.75, 3.05) is 18.1 Å². The first kappa shape index (κ1) is 14.4. The third kappa shape index (κ3) is 3.50. The minimum atomic E-state index is -3.52. The summed E-state index contributed by atoms with van der Waals surface area (Å²) in [5.41, 5.74) is 1.02. The lowest BCUT2D eigenvalue weighted by molar-refractivity contribution is 0.545. The minimum absolute atomic E-state index is 0.206. The van der Waals surface area contributed by atoms with Crippen LogP contribution in [0.25, 0.3) is 0 Å². The van der Waals surface area contributed by atoms with Gasteiger partial charge in [0.2, 0.25) is 10.0 Å². The lowest BCUT2D eigenvalue weighted by Gasteiger charge is -2.12. The second-order valence-corrected chi connectivity index (χ2v) is 7.56. The zero-order valence-corrected chi connectivity index (χ0v) is 12.4. The zero-order chi connectivity index (χ0) is 13.9. The van der Waals surface area contributed by atoms with E-state index in [1.807, 2.05) is 17.8 Å². The van der Waals surface area contributed by atoms with Gasteiger partial charge in [0, 0.05) is 6.54 Å². The summed E-state index contributed by atoms with van der Waals surface area (Å²) >= 11 is 1.86. The molecule has 1 heterocycles. The molecule has 102 valence electrons. The van der Waals surface area contributed by atoms with Crippen LogP contribution in [0, 0.1) is 24.2 Å². The molecule has 4 nitrogen and oxygen atoms in total. The van der Waals surface area contributed by atoms with E-state index in [0.717, 1.165) is 17.9 Å². The van der Waals surface area contributed by atoms with Crippen LogP contribution in [0.3, 0.4) is 0 Å². The molecule has 1 aliphatic rings. The van der Waals surface area contributed by atoms with Crippen molar-refractivity contribution in [3.8, 4) is 6.07 Å². The van der Waals surface area contributed by atoms with Gasteiger partial charge in [0.25, 0.3) is 0 Å². The van der Waals surface area contributed by atoms with Crippen LogP contribution in [-0.4, -0.2) is 26.5 Å². The van der Waals surface area contributed by atoms with Crippen molar-refractivity contribution in [1.82, 2.24) is 4.72 Å². The van der Waals surface area contributed by atoms with Gasteiger partial charge in [0.15, 0.2) is 0 Å². The molecule has 1 saturated heterocycles. The molecule has 2 rings (SSSR count). The largest absolute Gasteiger partial charge is 0.240 e. The number of nitriles is 1. The number of hydrogen-bond acceptors (Lipinski definition) is 4. The van der Waals surface area contributed by atoms with Gasteiger partial charge in [-0.05, 0) is 48.5 Å². The van der Waals surface area contributed by atoms with E-state index in [4.69, 9.17) is 5.26 Å². The molecule has 0 radical (unpaired) electrons. The van der Waals surface area contributed by atoms with E-state index in [-0.39, 0.29) is 4.90 Å². The number of nitrogens with zero attached hydrogens (tertiary/aromatic N) is 1. The minimum Gasteiger partial charge on any atom is -0.211 e. The highest BCUT2D eigenvalue weighted by molar-refractivity contribution is 7.99. The van der Waals surface area contributed by atoms with Crippen molar-refractivity contribution in [3.63, 3.8) is 0 Å². The van der Waals surface area contributed by atoms with Crippen LogP contribution in [0.5, 0.6) is 0 Å². The highest BCUT2D eigenvalue weighted by Crippen LogP contribution is 2.23. The summed E-state index contributed by atoms with van der Waals surface area (Å²) in [5.74, 6) is 2.54. The number of hydrogen-bond donors (Lipinski definition) is 1. The summed E-state index contributed by atoms with van der Waals surface area (Å²) in [6, 6.07) is 6.69. The maximum absolute atomic E-state index is 12.3. The van der Waals surface area contributed by atoms with Gasteiger partial charge in [-0.25, -0.2) is 13.1 Å². The highest BCUT2D eigenvalue weighted by atomic mass is 32.2. The number of sulfonamides is 1.